The van der Waals surface area contributed by atoms with Crippen LogP contribution in [0.25, 0.3) is 16.7 Å². The number of alkyl halides is 3. The first kappa shape index (κ1) is 33.0. The molecule has 4 heterocycles. The molecule has 0 saturated carbocycles. The number of fused-ring (bicyclic) bond motifs is 1. The maximum Gasteiger partial charge on any atom is 0.416 e. The summed E-state index contributed by atoms with van der Waals surface area (Å²) in [7, 11) is 3.14. The smallest absolute Gasteiger partial charge is 0.416 e. The molecule has 1 fully saturated rings. The van der Waals surface area contributed by atoms with Crippen molar-refractivity contribution in [2.45, 2.75) is 31.5 Å². The number of nitrogens with one attached hydrogen (secondary N) is 2. The molecule has 6 rings (SSSR count). The molecule has 13 nitrogen and oxygen atoms in total. The highest BCUT2D eigenvalue weighted by Crippen LogP contribution is 2.36. The Morgan fingerprint density at radius 2 is 1.73 bits per heavy atom. The zero-order valence-corrected chi connectivity index (χ0v) is 26.4. The van der Waals surface area contributed by atoms with Crippen LogP contribution in [0.1, 0.15) is 45.9 Å². The van der Waals surface area contributed by atoms with E-state index in [2.05, 4.69) is 25.6 Å². The van der Waals surface area contributed by atoms with Crippen LogP contribution in [0, 0.1) is 0 Å². The molecule has 1 aliphatic heterocycles. The zero-order chi connectivity index (χ0) is 34.7. The molecule has 254 valence electrons. The van der Waals surface area contributed by atoms with Gasteiger partial charge in [0.2, 0.25) is 0 Å². The van der Waals surface area contributed by atoms with Gasteiger partial charge < -0.3 is 30.1 Å². The topological polar surface area (TPSA) is 157 Å². The summed E-state index contributed by atoms with van der Waals surface area (Å²) in [5.74, 6) is 0.780. The van der Waals surface area contributed by atoms with Crippen LogP contribution in [0.15, 0.2) is 67.1 Å². The van der Waals surface area contributed by atoms with Crippen molar-refractivity contribution in [1.82, 2.24) is 29.6 Å². The van der Waals surface area contributed by atoms with Crippen molar-refractivity contribution in [2.24, 2.45) is 0 Å². The van der Waals surface area contributed by atoms with Gasteiger partial charge in [-0.3, -0.25) is 4.79 Å². The van der Waals surface area contributed by atoms with E-state index >= 15 is 0 Å². The first-order chi connectivity index (χ1) is 23.5. The standard InChI is InChI=1S/C33H31F3N8O5/c1-48-24-8-5-21(25(16-24)49-2)17-38-30-29-28(39-18-40-30)27(19-10-13-43(14-11-19)32(46)47)42-44(29)23-6-3-20(4-7-23)31(45)41-26-15-22(9-12-37-26)33(34,35)36/h3-9,12,15-16,18-19H,10-11,13-14,17H2,1-2H3,(H,46,47)(H,37,41,45)(H,38,39,40). The average molecular weight is 677 g/mol. The molecule has 1 saturated heterocycles. The third-order valence-corrected chi connectivity index (χ3v) is 8.28. The number of methoxy groups -OCH3 is 2. The summed E-state index contributed by atoms with van der Waals surface area (Å²) in [5.41, 5.74) is 2.49. The quantitative estimate of drug-likeness (QED) is 0.170. The van der Waals surface area contributed by atoms with Crippen molar-refractivity contribution in [3.8, 4) is 17.2 Å². The third-order valence-electron chi connectivity index (χ3n) is 8.28. The molecule has 16 heteroatoms. The molecule has 5 aromatic rings. The van der Waals surface area contributed by atoms with Gasteiger partial charge in [0.15, 0.2) is 5.82 Å². The Labute approximate surface area is 277 Å². The molecule has 3 aromatic heterocycles. The highest BCUT2D eigenvalue weighted by atomic mass is 19.4. The number of piperidine rings is 1. The number of anilines is 2. The lowest BCUT2D eigenvalue weighted by molar-refractivity contribution is -0.137. The molecular formula is C33H31F3N8O5. The average Bonchev–Trinajstić information content (AvgIpc) is 3.51. The number of aromatic nitrogens is 5. The molecule has 2 amide bonds. The summed E-state index contributed by atoms with van der Waals surface area (Å²) in [6, 6.07) is 13.4. The van der Waals surface area contributed by atoms with Gasteiger partial charge in [0, 0.05) is 48.9 Å². The fourth-order valence-corrected chi connectivity index (χ4v) is 5.70. The summed E-state index contributed by atoms with van der Waals surface area (Å²) in [6.07, 6.45) is -2.03. The highest BCUT2D eigenvalue weighted by molar-refractivity contribution is 6.04. The van der Waals surface area contributed by atoms with E-state index in [1.807, 2.05) is 12.1 Å². The van der Waals surface area contributed by atoms with Gasteiger partial charge in [-0.15, -0.1) is 0 Å². The molecule has 49 heavy (non-hydrogen) atoms. The highest BCUT2D eigenvalue weighted by Gasteiger charge is 2.31. The third kappa shape index (κ3) is 7.02. The van der Waals surface area contributed by atoms with Crippen molar-refractivity contribution in [3.63, 3.8) is 0 Å². The molecule has 0 unspecified atom stereocenters. The van der Waals surface area contributed by atoms with Crippen molar-refractivity contribution in [2.75, 3.05) is 37.9 Å². The molecule has 0 atom stereocenters. The van der Waals surface area contributed by atoms with E-state index in [1.165, 1.54) is 23.4 Å². The number of hydrogen-bond acceptors (Lipinski definition) is 9. The Balaban J connectivity index is 1.33. The Hall–Kier alpha value is -5.93. The maximum atomic E-state index is 13.1. The van der Waals surface area contributed by atoms with Gasteiger partial charge in [-0.25, -0.2) is 24.4 Å². The van der Waals surface area contributed by atoms with E-state index in [9.17, 15) is 27.9 Å². The number of halogens is 3. The lowest BCUT2D eigenvalue weighted by Gasteiger charge is -2.29. The van der Waals surface area contributed by atoms with E-state index in [1.54, 1.807) is 37.1 Å². The minimum absolute atomic E-state index is 0.0752. The van der Waals surface area contributed by atoms with E-state index in [-0.39, 0.29) is 17.3 Å². The summed E-state index contributed by atoms with van der Waals surface area (Å²) >= 11 is 0. The molecule has 1 aliphatic rings. The van der Waals surface area contributed by atoms with Crippen LogP contribution in [0.2, 0.25) is 0 Å². The van der Waals surface area contributed by atoms with Gasteiger partial charge >= 0.3 is 12.3 Å². The predicted molar refractivity (Wildman–Crippen MR) is 172 cm³/mol. The number of pyridine rings is 1. The number of carbonyl (C=O) groups is 2. The van der Waals surface area contributed by atoms with Crippen LogP contribution >= 0.6 is 0 Å². The van der Waals surface area contributed by atoms with Crippen LogP contribution in [-0.4, -0.2) is 74.0 Å². The van der Waals surface area contributed by atoms with Crippen LogP contribution in [0.5, 0.6) is 11.5 Å². The SMILES string of the molecule is COc1ccc(CNc2ncnc3c(C4CCN(C(=O)O)CC4)nn(-c4ccc(C(=O)Nc5cc(C(F)(F)F)ccn5)cc4)c23)c(OC)c1. The Bertz CT molecular complexity index is 1990. The molecule has 0 spiro atoms. The second kappa shape index (κ2) is 13.7. The molecule has 0 aliphatic carbocycles. The summed E-state index contributed by atoms with van der Waals surface area (Å²) in [4.78, 5) is 38.8. The van der Waals surface area contributed by atoms with E-state index in [0.717, 1.165) is 23.9 Å². The molecular weight excluding hydrogens is 645 g/mol. The van der Waals surface area contributed by atoms with Gasteiger partial charge in [-0.1, -0.05) is 0 Å². The number of rotatable bonds is 9. The van der Waals surface area contributed by atoms with Crippen molar-refractivity contribution in [3.05, 3.63) is 89.5 Å². The molecule has 0 radical (unpaired) electrons. The lowest BCUT2D eigenvalue weighted by atomic mass is 9.93. The Kier molecular flexibility index (Phi) is 9.20. The normalized spacial score (nSPS) is 13.7. The lowest BCUT2D eigenvalue weighted by Crippen LogP contribution is -2.36. The van der Waals surface area contributed by atoms with E-state index in [4.69, 9.17) is 14.6 Å². The molecule has 3 N–H and O–H groups in total. The summed E-state index contributed by atoms with van der Waals surface area (Å²) in [5, 5.41) is 20.2. The van der Waals surface area contributed by atoms with Gasteiger partial charge in [-0.2, -0.15) is 18.3 Å². The second-order valence-corrected chi connectivity index (χ2v) is 11.2. The molecule has 2 aromatic carbocycles. The predicted octanol–water partition coefficient (Wildman–Crippen LogP) is 5.97. The number of amides is 2. The minimum Gasteiger partial charge on any atom is -0.497 e. The number of ether oxygens (including phenoxy) is 2. The minimum atomic E-state index is -4.58. The van der Waals surface area contributed by atoms with Gasteiger partial charge in [0.05, 0.1) is 31.2 Å². The number of likely N-dealkylation sites (tertiary alicyclic amines) is 1. The fourth-order valence-electron chi connectivity index (χ4n) is 5.70. The van der Waals surface area contributed by atoms with Crippen LogP contribution in [0.4, 0.5) is 29.6 Å². The second-order valence-electron chi connectivity index (χ2n) is 11.2. The number of carboxylic acid groups (broad SMARTS) is 1. The van der Waals surface area contributed by atoms with Gasteiger partial charge in [-0.05, 0) is 61.4 Å². The first-order valence-corrected chi connectivity index (χ1v) is 15.2. The first-order valence-electron chi connectivity index (χ1n) is 15.2. The van der Waals surface area contributed by atoms with Crippen LogP contribution in [-0.2, 0) is 12.7 Å². The zero-order valence-electron chi connectivity index (χ0n) is 26.4. The summed E-state index contributed by atoms with van der Waals surface area (Å²) in [6.45, 7) is 1.04. The monoisotopic (exact) mass is 676 g/mol. The number of benzene rings is 2. The largest absolute Gasteiger partial charge is 0.497 e. The van der Waals surface area contributed by atoms with Crippen molar-refractivity contribution in [1.29, 1.82) is 0 Å². The Morgan fingerprint density at radius 1 is 0.980 bits per heavy atom. The van der Waals surface area contributed by atoms with E-state index in [0.29, 0.717) is 72.2 Å². The van der Waals surface area contributed by atoms with E-state index < -0.39 is 23.7 Å². The Morgan fingerprint density at radius 3 is 2.41 bits per heavy atom. The van der Waals surface area contributed by atoms with Crippen molar-refractivity contribution >= 4 is 34.7 Å². The summed E-state index contributed by atoms with van der Waals surface area (Å²) < 4.78 is 52.0. The van der Waals surface area contributed by atoms with Crippen molar-refractivity contribution < 1.29 is 37.3 Å². The number of carbonyl (C=O) groups excluding carboxylic acids is 1. The molecule has 0 bridgehead atoms. The fraction of sp³-hybridized carbons (Fsp3) is 0.273. The number of hydrogen-bond donors (Lipinski definition) is 3. The van der Waals surface area contributed by atoms with Gasteiger partial charge in [0.25, 0.3) is 5.91 Å². The maximum absolute atomic E-state index is 13.1. The van der Waals surface area contributed by atoms with Crippen LogP contribution in [0.3, 0.4) is 0 Å². The van der Waals surface area contributed by atoms with Crippen LogP contribution < -0.4 is 20.1 Å². The number of nitrogens with zero attached hydrogens (tertiary/aromatic N) is 6. The van der Waals surface area contributed by atoms with Gasteiger partial charge in [0.1, 0.15) is 34.7 Å².